The normalized spacial score (nSPS) is 14.2. The molecule has 1 aromatic carbocycles. The zero-order valence-electron chi connectivity index (χ0n) is 16.0. The third-order valence-electron chi connectivity index (χ3n) is 4.73. The molecule has 1 fully saturated rings. The highest BCUT2D eigenvalue weighted by molar-refractivity contribution is 5.93. The molecule has 0 radical (unpaired) electrons. The van der Waals surface area contributed by atoms with Crippen molar-refractivity contribution in [3.8, 4) is 0 Å². The third kappa shape index (κ3) is 4.42. The Balaban J connectivity index is 1.77. The molecular formula is C20H25N5O2. The number of anilines is 2. The number of benzene rings is 1. The van der Waals surface area contributed by atoms with Crippen LogP contribution in [-0.2, 0) is 11.2 Å². The lowest BCUT2D eigenvalue weighted by Gasteiger charge is -2.34. The minimum Gasteiger partial charge on any atom is -0.339 e. The Morgan fingerprint density at radius 3 is 2.41 bits per heavy atom. The number of para-hydroxylation sites is 1. The molecule has 2 aromatic rings. The predicted octanol–water partition coefficient (Wildman–Crippen LogP) is 2.40. The molecule has 1 saturated heterocycles. The van der Waals surface area contributed by atoms with Gasteiger partial charge in [0.05, 0.1) is 0 Å². The van der Waals surface area contributed by atoms with Crippen molar-refractivity contribution in [2.24, 2.45) is 0 Å². The summed E-state index contributed by atoms with van der Waals surface area (Å²) >= 11 is 0. The Labute approximate surface area is 159 Å². The molecule has 0 bridgehead atoms. The average Bonchev–Trinajstić information content (AvgIpc) is 2.67. The standard InChI is InChI=1S/C20H25N5O2/c1-4-16-7-5-6-8-17(16)22-20-21-14(2)13-18(23-20)19(27)25-11-9-24(10-12-25)15(3)26/h5-8,13H,4,9-12H2,1-3H3,(H,21,22,23). The summed E-state index contributed by atoms with van der Waals surface area (Å²) in [5, 5.41) is 3.24. The van der Waals surface area contributed by atoms with Gasteiger partial charge in [-0.2, -0.15) is 0 Å². The lowest BCUT2D eigenvalue weighted by Crippen LogP contribution is -2.50. The molecule has 0 aliphatic carbocycles. The SMILES string of the molecule is CCc1ccccc1Nc1nc(C)cc(C(=O)N2CCN(C(C)=O)CC2)n1. The van der Waals surface area contributed by atoms with E-state index in [2.05, 4.69) is 28.3 Å². The molecule has 0 atom stereocenters. The molecule has 7 heteroatoms. The van der Waals surface area contributed by atoms with Crippen LogP contribution in [0.1, 0.15) is 35.6 Å². The lowest BCUT2D eigenvalue weighted by atomic mass is 10.1. The van der Waals surface area contributed by atoms with Crippen LogP contribution in [0, 0.1) is 6.92 Å². The maximum atomic E-state index is 12.9. The van der Waals surface area contributed by atoms with E-state index in [0.29, 0.717) is 37.8 Å². The van der Waals surface area contributed by atoms with E-state index in [9.17, 15) is 9.59 Å². The predicted molar refractivity (Wildman–Crippen MR) is 104 cm³/mol. The van der Waals surface area contributed by atoms with Crippen molar-refractivity contribution >= 4 is 23.5 Å². The van der Waals surface area contributed by atoms with Gasteiger partial charge in [-0.05, 0) is 31.0 Å². The van der Waals surface area contributed by atoms with E-state index in [0.717, 1.165) is 23.4 Å². The van der Waals surface area contributed by atoms with E-state index in [1.165, 1.54) is 0 Å². The molecule has 3 rings (SSSR count). The topological polar surface area (TPSA) is 78.4 Å². The van der Waals surface area contributed by atoms with Crippen LogP contribution in [0.15, 0.2) is 30.3 Å². The fourth-order valence-electron chi connectivity index (χ4n) is 3.19. The van der Waals surface area contributed by atoms with Gasteiger partial charge in [-0.25, -0.2) is 9.97 Å². The fourth-order valence-corrected chi connectivity index (χ4v) is 3.19. The second kappa shape index (κ2) is 8.16. The van der Waals surface area contributed by atoms with E-state index in [1.807, 2.05) is 25.1 Å². The van der Waals surface area contributed by atoms with E-state index < -0.39 is 0 Å². The van der Waals surface area contributed by atoms with Crippen LogP contribution in [0.25, 0.3) is 0 Å². The van der Waals surface area contributed by atoms with Gasteiger partial charge in [0, 0.05) is 44.5 Å². The number of hydrogen-bond acceptors (Lipinski definition) is 5. The van der Waals surface area contributed by atoms with Crippen molar-refractivity contribution in [3.63, 3.8) is 0 Å². The molecule has 142 valence electrons. The van der Waals surface area contributed by atoms with Gasteiger partial charge >= 0.3 is 0 Å². The first-order valence-corrected chi connectivity index (χ1v) is 9.23. The van der Waals surface area contributed by atoms with Crippen LogP contribution in [0.5, 0.6) is 0 Å². The van der Waals surface area contributed by atoms with Gasteiger partial charge < -0.3 is 15.1 Å². The Morgan fingerprint density at radius 1 is 1.07 bits per heavy atom. The largest absolute Gasteiger partial charge is 0.339 e. The number of carbonyl (C=O) groups is 2. The summed E-state index contributed by atoms with van der Waals surface area (Å²) in [6.45, 7) is 7.64. The Bertz CT molecular complexity index is 844. The average molecular weight is 367 g/mol. The summed E-state index contributed by atoms with van der Waals surface area (Å²) < 4.78 is 0. The summed E-state index contributed by atoms with van der Waals surface area (Å²) in [5.41, 5.74) is 3.21. The van der Waals surface area contributed by atoms with Gasteiger partial charge in [0.2, 0.25) is 11.9 Å². The minimum absolute atomic E-state index is 0.0426. The van der Waals surface area contributed by atoms with E-state index >= 15 is 0 Å². The number of nitrogens with zero attached hydrogens (tertiary/aromatic N) is 4. The minimum atomic E-state index is -0.129. The van der Waals surface area contributed by atoms with Crippen molar-refractivity contribution in [2.45, 2.75) is 27.2 Å². The van der Waals surface area contributed by atoms with Crippen LogP contribution in [0.2, 0.25) is 0 Å². The van der Waals surface area contributed by atoms with Gasteiger partial charge in [-0.1, -0.05) is 25.1 Å². The number of piperazine rings is 1. The number of nitrogens with one attached hydrogen (secondary N) is 1. The second-order valence-corrected chi connectivity index (χ2v) is 6.65. The maximum absolute atomic E-state index is 12.9. The number of aromatic nitrogens is 2. The first-order valence-electron chi connectivity index (χ1n) is 9.23. The number of rotatable bonds is 4. The summed E-state index contributed by atoms with van der Waals surface area (Å²) in [5.74, 6) is 0.332. The Morgan fingerprint density at radius 2 is 1.74 bits per heavy atom. The highest BCUT2D eigenvalue weighted by atomic mass is 16.2. The first-order chi connectivity index (χ1) is 13.0. The third-order valence-corrected chi connectivity index (χ3v) is 4.73. The zero-order valence-corrected chi connectivity index (χ0v) is 16.0. The van der Waals surface area contributed by atoms with Gasteiger partial charge in [-0.15, -0.1) is 0 Å². The summed E-state index contributed by atoms with van der Waals surface area (Å²) in [7, 11) is 0. The van der Waals surface area contributed by atoms with Crippen molar-refractivity contribution in [1.29, 1.82) is 0 Å². The van der Waals surface area contributed by atoms with Crippen LogP contribution in [0.3, 0.4) is 0 Å². The molecule has 2 amide bonds. The molecule has 0 saturated carbocycles. The number of aryl methyl sites for hydroxylation is 2. The van der Waals surface area contributed by atoms with Crippen molar-refractivity contribution in [3.05, 3.63) is 47.3 Å². The lowest BCUT2D eigenvalue weighted by molar-refractivity contribution is -0.130. The van der Waals surface area contributed by atoms with Crippen molar-refractivity contribution in [2.75, 3.05) is 31.5 Å². The molecule has 1 aliphatic heterocycles. The molecule has 2 heterocycles. The Hall–Kier alpha value is -2.96. The highest BCUT2D eigenvalue weighted by Crippen LogP contribution is 2.20. The van der Waals surface area contributed by atoms with Crippen LogP contribution in [-0.4, -0.2) is 57.8 Å². The quantitative estimate of drug-likeness (QED) is 0.898. The number of amides is 2. The van der Waals surface area contributed by atoms with Crippen molar-refractivity contribution < 1.29 is 9.59 Å². The summed E-state index contributed by atoms with van der Waals surface area (Å²) in [6.07, 6.45) is 0.890. The molecule has 7 nitrogen and oxygen atoms in total. The summed E-state index contributed by atoms with van der Waals surface area (Å²) in [6, 6.07) is 9.69. The van der Waals surface area contributed by atoms with Gasteiger partial charge in [0.15, 0.2) is 0 Å². The molecule has 27 heavy (non-hydrogen) atoms. The smallest absolute Gasteiger partial charge is 0.272 e. The van der Waals surface area contributed by atoms with E-state index in [-0.39, 0.29) is 11.8 Å². The van der Waals surface area contributed by atoms with Crippen LogP contribution < -0.4 is 5.32 Å². The molecule has 1 aliphatic rings. The van der Waals surface area contributed by atoms with Gasteiger partial charge in [-0.3, -0.25) is 9.59 Å². The molecule has 1 N–H and O–H groups in total. The first kappa shape index (κ1) is 18.8. The van der Waals surface area contributed by atoms with Gasteiger partial charge in [0.25, 0.3) is 5.91 Å². The molecule has 1 aromatic heterocycles. The van der Waals surface area contributed by atoms with E-state index in [4.69, 9.17) is 0 Å². The molecular weight excluding hydrogens is 342 g/mol. The Kier molecular flexibility index (Phi) is 5.69. The maximum Gasteiger partial charge on any atom is 0.272 e. The molecule has 0 spiro atoms. The van der Waals surface area contributed by atoms with Crippen LogP contribution >= 0.6 is 0 Å². The molecule has 0 unspecified atom stereocenters. The van der Waals surface area contributed by atoms with Gasteiger partial charge in [0.1, 0.15) is 5.69 Å². The highest BCUT2D eigenvalue weighted by Gasteiger charge is 2.24. The second-order valence-electron chi connectivity index (χ2n) is 6.65. The van der Waals surface area contributed by atoms with E-state index in [1.54, 1.807) is 22.8 Å². The van der Waals surface area contributed by atoms with Crippen molar-refractivity contribution in [1.82, 2.24) is 19.8 Å². The summed E-state index contributed by atoms with van der Waals surface area (Å²) in [4.78, 5) is 36.7. The zero-order chi connectivity index (χ0) is 19.4. The fraction of sp³-hybridized carbons (Fsp3) is 0.400. The number of hydrogen-bond donors (Lipinski definition) is 1. The monoisotopic (exact) mass is 367 g/mol. The number of carbonyl (C=O) groups excluding carboxylic acids is 2. The van der Waals surface area contributed by atoms with Crippen LogP contribution in [0.4, 0.5) is 11.6 Å².